The number of hydrogen-bond donors (Lipinski definition) is 3. The van der Waals surface area contributed by atoms with Crippen LogP contribution in [0.1, 0.15) is 13.2 Å². The maximum atomic E-state index is 14.9. The third-order valence-electron chi connectivity index (χ3n) is 3.94. The fourth-order valence-corrected chi connectivity index (χ4v) is 3.64. The summed E-state index contributed by atoms with van der Waals surface area (Å²) in [7, 11) is -2.70. The Morgan fingerprint density at radius 1 is 1.54 bits per heavy atom. The molecule has 0 bridgehead atoms. The summed E-state index contributed by atoms with van der Waals surface area (Å²) in [5, 5.41) is 12.5. The Labute approximate surface area is 154 Å². The van der Waals surface area contributed by atoms with Gasteiger partial charge < -0.3 is 19.7 Å². The highest BCUT2D eigenvalue weighted by molar-refractivity contribution is 8.39. The lowest BCUT2D eigenvalue weighted by Gasteiger charge is -2.16. The van der Waals surface area contributed by atoms with E-state index in [-0.39, 0.29) is 0 Å². The van der Waals surface area contributed by atoms with Gasteiger partial charge in [0.2, 0.25) is 7.23 Å². The predicted octanol–water partition coefficient (Wildman–Crippen LogP) is 1.75. The highest BCUT2D eigenvalue weighted by atomic mass is 32.7. The van der Waals surface area contributed by atoms with Gasteiger partial charge in [-0.3, -0.25) is 9.13 Å². The van der Waals surface area contributed by atoms with Crippen molar-refractivity contribution >= 4 is 36.5 Å². The first-order valence-electron chi connectivity index (χ1n) is 7.89. The molecule has 0 spiro atoms. The molecule has 1 aliphatic heterocycles. The summed E-state index contributed by atoms with van der Waals surface area (Å²) in [5.74, 6) is 0.507. The van der Waals surface area contributed by atoms with Gasteiger partial charge in [-0.05, 0) is 6.92 Å². The number of aliphatic hydroxyl groups is 1. The van der Waals surface area contributed by atoms with E-state index < -0.39 is 38.4 Å². The van der Waals surface area contributed by atoms with Crippen LogP contribution in [0, 0.1) is 0 Å². The standard InChI is InChI=1S/C14H19FN5O4PS/c1-2-3-4-16-12-10-13(18-6-17-12)20(7-19-10)14-9(15)11(24-25(22)26)8(5-21)23-14/h2-3,6-9,11,14,21,25H,4-5H2,1H3,(H,22,26)(H,16,17,18)/b3-2+/t8?,9-,11-,14?/m1/s1. The van der Waals surface area contributed by atoms with Gasteiger partial charge in [-0.25, -0.2) is 19.3 Å². The fraction of sp³-hybridized carbons (Fsp3) is 0.500. The van der Waals surface area contributed by atoms with Crippen molar-refractivity contribution in [3.63, 3.8) is 0 Å². The molecule has 0 amide bonds. The normalized spacial score (nSPS) is 27.4. The van der Waals surface area contributed by atoms with Crippen LogP contribution < -0.4 is 5.32 Å². The summed E-state index contributed by atoms with van der Waals surface area (Å²) in [6, 6.07) is 0. The fourth-order valence-electron chi connectivity index (χ4n) is 2.76. The minimum atomic E-state index is -2.70. The molecule has 2 aromatic rings. The number of alkyl halides is 1. The van der Waals surface area contributed by atoms with Crippen LogP contribution >= 0.6 is 19.5 Å². The number of nitrogens with one attached hydrogen (secondary N) is 1. The molecule has 2 N–H and O–H groups in total. The van der Waals surface area contributed by atoms with Gasteiger partial charge in [0.1, 0.15) is 18.5 Å². The Kier molecular flexibility index (Phi) is 6.25. The Hall–Kier alpha value is -1.52. The molecule has 1 aliphatic rings. The van der Waals surface area contributed by atoms with Crippen LogP contribution in [0.5, 0.6) is 0 Å². The lowest BCUT2D eigenvalue weighted by Crippen LogP contribution is -2.31. The van der Waals surface area contributed by atoms with Gasteiger partial charge in [-0.2, -0.15) is 0 Å². The molecule has 1 fully saturated rings. The van der Waals surface area contributed by atoms with Crippen LogP contribution in [0.2, 0.25) is 0 Å². The van der Waals surface area contributed by atoms with Crippen molar-refractivity contribution in [2.45, 2.75) is 31.5 Å². The second-order valence-corrected chi connectivity index (χ2v) is 7.40. The average Bonchev–Trinajstić information content (AvgIpc) is 3.17. The van der Waals surface area contributed by atoms with E-state index in [1.54, 1.807) is 0 Å². The number of aromatic nitrogens is 4. The molecule has 0 saturated carbocycles. The van der Waals surface area contributed by atoms with Crippen LogP contribution in [0.3, 0.4) is 0 Å². The maximum Gasteiger partial charge on any atom is 0.243 e. The van der Waals surface area contributed by atoms with Gasteiger partial charge in [0, 0.05) is 6.54 Å². The van der Waals surface area contributed by atoms with Gasteiger partial charge in [-0.15, -0.1) is 0 Å². The zero-order valence-corrected chi connectivity index (χ0v) is 15.7. The van der Waals surface area contributed by atoms with Crippen molar-refractivity contribution in [3.05, 3.63) is 24.8 Å². The van der Waals surface area contributed by atoms with E-state index in [0.717, 1.165) is 0 Å². The number of thiol groups is 1. The quantitative estimate of drug-likeness (QED) is 0.364. The number of ether oxygens (including phenoxy) is 1. The van der Waals surface area contributed by atoms with Crippen LogP contribution in [-0.4, -0.2) is 56.2 Å². The van der Waals surface area contributed by atoms with Crippen molar-refractivity contribution in [1.82, 2.24) is 19.5 Å². The first-order valence-corrected chi connectivity index (χ1v) is 10.5. The molecular weight excluding hydrogens is 384 g/mol. The Balaban J connectivity index is 1.90. The summed E-state index contributed by atoms with van der Waals surface area (Å²) in [4.78, 5) is 12.5. The third-order valence-corrected chi connectivity index (χ3v) is 4.73. The number of rotatable bonds is 7. The largest absolute Gasteiger partial charge is 0.394 e. The Morgan fingerprint density at radius 2 is 2.35 bits per heavy atom. The molecule has 12 heteroatoms. The molecule has 9 nitrogen and oxygen atoms in total. The molecule has 0 aromatic carbocycles. The van der Waals surface area contributed by atoms with E-state index in [9.17, 15) is 14.1 Å². The smallest absolute Gasteiger partial charge is 0.243 e. The number of imidazole rings is 1. The second-order valence-electron chi connectivity index (χ2n) is 5.54. The monoisotopic (exact) mass is 403 g/mol. The highest BCUT2D eigenvalue weighted by Crippen LogP contribution is 2.41. The summed E-state index contributed by atoms with van der Waals surface area (Å²) in [6.45, 7) is 1.97. The van der Waals surface area contributed by atoms with Gasteiger partial charge in [0.15, 0.2) is 29.4 Å². The molecule has 5 atom stereocenters. The Bertz CT molecular complexity index is 822. The van der Waals surface area contributed by atoms with Gasteiger partial charge in [0.05, 0.1) is 12.9 Å². The maximum absolute atomic E-state index is 14.9. The van der Waals surface area contributed by atoms with Crippen LogP contribution in [0.15, 0.2) is 24.8 Å². The molecule has 3 unspecified atom stereocenters. The first-order chi connectivity index (χ1) is 12.6. The molecule has 0 radical (unpaired) electrons. The second kappa shape index (κ2) is 8.45. The van der Waals surface area contributed by atoms with Crippen molar-refractivity contribution in [3.8, 4) is 0 Å². The third kappa shape index (κ3) is 3.77. The zero-order valence-electron chi connectivity index (χ0n) is 13.8. The zero-order chi connectivity index (χ0) is 18.7. The van der Waals surface area contributed by atoms with Gasteiger partial charge in [0.25, 0.3) is 0 Å². The SMILES string of the molecule is C/C=C/CNc1ncnc2c1ncn2C1OC(CO)[C@@H](O[PH](=O)S)[C@H]1F. The van der Waals surface area contributed by atoms with E-state index in [0.29, 0.717) is 23.5 Å². The van der Waals surface area contributed by atoms with Crippen molar-refractivity contribution < 1.29 is 23.3 Å². The Morgan fingerprint density at radius 3 is 3.04 bits per heavy atom. The minimum Gasteiger partial charge on any atom is -0.394 e. The lowest BCUT2D eigenvalue weighted by molar-refractivity contribution is -0.0427. The number of anilines is 1. The van der Waals surface area contributed by atoms with Gasteiger partial charge >= 0.3 is 0 Å². The van der Waals surface area contributed by atoms with E-state index in [4.69, 9.17) is 9.26 Å². The van der Waals surface area contributed by atoms with E-state index in [2.05, 4.69) is 32.5 Å². The average molecular weight is 403 g/mol. The first kappa shape index (κ1) is 19.2. The molecule has 3 rings (SSSR count). The number of hydrogen-bond acceptors (Lipinski definition) is 8. The van der Waals surface area contributed by atoms with Crippen molar-refractivity contribution in [2.24, 2.45) is 0 Å². The minimum absolute atomic E-state index is 0.367. The molecule has 26 heavy (non-hydrogen) atoms. The summed E-state index contributed by atoms with van der Waals surface area (Å²) in [6.07, 6.45) is 1.56. The topological polar surface area (TPSA) is 111 Å². The number of aliphatic hydroxyl groups excluding tert-OH is 1. The van der Waals surface area contributed by atoms with Crippen LogP contribution in [-0.2, 0) is 13.8 Å². The summed E-state index contributed by atoms with van der Waals surface area (Å²) in [5.41, 5.74) is 0.826. The van der Waals surface area contributed by atoms with Crippen LogP contribution in [0.25, 0.3) is 11.2 Å². The molecule has 3 heterocycles. The molecule has 1 saturated heterocycles. The molecular formula is C14H19FN5O4PS. The van der Waals surface area contributed by atoms with E-state index >= 15 is 0 Å². The molecule has 2 aromatic heterocycles. The number of nitrogens with zero attached hydrogens (tertiary/aromatic N) is 4. The van der Waals surface area contributed by atoms with E-state index in [1.807, 2.05) is 19.1 Å². The highest BCUT2D eigenvalue weighted by Gasteiger charge is 2.47. The van der Waals surface area contributed by atoms with Gasteiger partial charge in [-0.1, -0.05) is 24.4 Å². The number of halogens is 1. The van der Waals surface area contributed by atoms with Crippen molar-refractivity contribution in [1.29, 1.82) is 0 Å². The lowest BCUT2D eigenvalue weighted by atomic mass is 10.1. The summed E-state index contributed by atoms with van der Waals surface area (Å²) >= 11 is 3.68. The van der Waals surface area contributed by atoms with E-state index in [1.165, 1.54) is 17.2 Å². The molecule has 0 aliphatic carbocycles. The number of fused-ring (bicyclic) bond motifs is 1. The van der Waals surface area contributed by atoms with Crippen molar-refractivity contribution in [2.75, 3.05) is 18.5 Å². The summed E-state index contributed by atoms with van der Waals surface area (Å²) < 4.78 is 38.1. The molecule has 142 valence electrons. The number of allylic oxidation sites excluding steroid dienone is 1. The van der Waals surface area contributed by atoms with Crippen LogP contribution in [0.4, 0.5) is 10.2 Å². The predicted molar refractivity (Wildman–Crippen MR) is 97.4 cm³/mol.